The molecule has 0 aliphatic heterocycles. The number of alkyl halides is 2. The minimum absolute atomic E-state index is 0.0506. The van der Waals surface area contributed by atoms with Crippen molar-refractivity contribution in [2.45, 2.75) is 38.8 Å². The molecule has 0 aliphatic carbocycles. The summed E-state index contributed by atoms with van der Waals surface area (Å²) in [6.07, 6.45) is -3.34. The smallest absolute Gasteiger partial charge is 0.269 e. The van der Waals surface area contributed by atoms with Crippen molar-refractivity contribution in [3.05, 3.63) is 35.4 Å². The van der Waals surface area contributed by atoms with E-state index in [2.05, 4.69) is 23.7 Å². The number of benzene rings is 1. The van der Waals surface area contributed by atoms with E-state index in [1.807, 2.05) is 19.2 Å². The van der Waals surface area contributed by atoms with Crippen LogP contribution in [-0.4, -0.2) is 40.2 Å². The highest BCUT2D eigenvalue weighted by Gasteiger charge is 2.46. The molecule has 4 N–H and O–H groups in total. The standard InChI is InChI=1S/C19H20F2N2O4/c1-12(2)6-4-5-7-13-8-10-14(11-9-13)16(24)22-15(17(25)23-27)19(3,26)18(20)21/h8-12,15,18,26-27H,1-3H3,(H,22,24)(H,23,25)/t15-,19?/m1/s1. The third-order valence-corrected chi connectivity index (χ3v) is 3.45. The SMILES string of the molecule is CC(C)C#CC#Cc1ccc(C(=O)N[C@H](C(=O)NO)C(C)(O)C(F)F)cc1. The van der Waals surface area contributed by atoms with Crippen LogP contribution >= 0.6 is 0 Å². The lowest BCUT2D eigenvalue weighted by molar-refractivity contribution is -0.149. The number of hydrogen-bond donors (Lipinski definition) is 4. The normalized spacial score (nSPS) is 13.5. The largest absolute Gasteiger partial charge is 0.381 e. The van der Waals surface area contributed by atoms with Gasteiger partial charge in [-0.3, -0.25) is 14.8 Å². The number of amides is 2. The molecule has 1 aromatic carbocycles. The molecule has 27 heavy (non-hydrogen) atoms. The van der Waals surface area contributed by atoms with Crippen molar-refractivity contribution in [1.29, 1.82) is 0 Å². The zero-order chi connectivity index (χ0) is 20.6. The molecule has 0 fully saturated rings. The second kappa shape index (κ2) is 9.67. The van der Waals surface area contributed by atoms with Crippen molar-refractivity contribution in [3.63, 3.8) is 0 Å². The van der Waals surface area contributed by atoms with Crippen LogP contribution < -0.4 is 10.8 Å². The Bertz CT molecular complexity index is 797. The minimum Gasteiger partial charge on any atom is -0.381 e. The number of carbonyl (C=O) groups excluding carboxylic acids is 2. The number of aliphatic hydroxyl groups is 1. The molecule has 0 saturated carbocycles. The van der Waals surface area contributed by atoms with Gasteiger partial charge in [0.15, 0.2) is 5.60 Å². The molecule has 0 radical (unpaired) electrons. The second-order valence-corrected chi connectivity index (χ2v) is 6.16. The van der Waals surface area contributed by atoms with Crippen molar-refractivity contribution >= 4 is 11.8 Å². The molecular formula is C19H20F2N2O4. The average Bonchev–Trinajstić information content (AvgIpc) is 2.62. The second-order valence-electron chi connectivity index (χ2n) is 6.16. The summed E-state index contributed by atoms with van der Waals surface area (Å²) in [6.45, 7) is 4.53. The summed E-state index contributed by atoms with van der Waals surface area (Å²) >= 11 is 0. The fraction of sp³-hybridized carbons (Fsp3) is 0.368. The van der Waals surface area contributed by atoms with E-state index < -0.39 is 29.9 Å². The van der Waals surface area contributed by atoms with E-state index in [9.17, 15) is 23.5 Å². The van der Waals surface area contributed by atoms with Gasteiger partial charge in [0.25, 0.3) is 18.2 Å². The Morgan fingerprint density at radius 3 is 2.22 bits per heavy atom. The van der Waals surface area contributed by atoms with Crippen LogP contribution in [0.1, 0.15) is 36.7 Å². The molecule has 0 aromatic heterocycles. The van der Waals surface area contributed by atoms with Crippen molar-refractivity contribution < 1.29 is 28.7 Å². The highest BCUT2D eigenvalue weighted by molar-refractivity contribution is 5.97. The van der Waals surface area contributed by atoms with Crippen LogP contribution in [0.25, 0.3) is 0 Å². The van der Waals surface area contributed by atoms with Crippen LogP contribution in [-0.2, 0) is 4.79 Å². The van der Waals surface area contributed by atoms with E-state index in [4.69, 9.17) is 5.21 Å². The number of rotatable bonds is 5. The minimum atomic E-state index is -3.34. The Morgan fingerprint density at radius 2 is 1.74 bits per heavy atom. The van der Waals surface area contributed by atoms with Crippen LogP contribution in [0.3, 0.4) is 0 Å². The molecule has 0 heterocycles. The van der Waals surface area contributed by atoms with Crippen LogP contribution in [0.4, 0.5) is 8.78 Å². The van der Waals surface area contributed by atoms with E-state index in [1.54, 1.807) is 0 Å². The van der Waals surface area contributed by atoms with E-state index in [-0.39, 0.29) is 11.5 Å². The van der Waals surface area contributed by atoms with Crippen molar-refractivity contribution in [2.75, 3.05) is 0 Å². The summed E-state index contributed by atoms with van der Waals surface area (Å²) in [5.74, 6) is 8.94. The molecule has 8 heteroatoms. The molecule has 0 spiro atoms. The molecule has 1 unspecified atom stereocenters. The summed E-state index contributed by atoms with van der Waals surface area (Å²) in [4.78, 5) is 23.8. The number of nitrogens with one attached hydrogen (secondary N) is 2. The van der Waals surface area contributed by atoms with Gasteiger partial charge in [0, 0.05) is 17.0 Å². The molecule has 2 atom stereocenters. The van der Waals surface area contributed by atoms with Gasteiger partial charge >= 0.3 is 0 Å². The molecular weight excluding hydrogens is 358 g/mol. The zero-order valence-corrected chi connectivity index (χ0v) is 15.0. The van der Waals surface area contributed by atoms with Crippen LogP contribution in [0, 0.1) is 29.6 Å². The lowest BCUT2D eigenvalue weighted by Gasteiger charge is -2.30. The van der Waals surface area contributed by atoms with Gasteiger partial charge in [-0.15, -0.1) is 0 Å². The molecule has 144 valence electrons. The highest BCUT2D eigenvalue weighted by atomic mass is 19.3. The Hall–Kier alpha value is -2.94. The van der Waals surface area contributed by atoms with Crippen molar-refractivity contribution in [1.82, 2.24) is 10.8 Å². The lowest BCUT2D eigenvalue weighted by Crippen LogP contribution is -2.61. The first kappa shape index (κ1) is 22.1. The van der Waals surface area contributed by atoms with Gasteiger partial charge < -0.3 is 10.4 Å². The van der Waals surface area contributed by atoms with Crippen LogP contribution in [0.2, 0.25) is 0 Å². The van der Waals surface area contributed by atoms with Gasteiger partial charge in [-0.05, 0) is 43.0 Å². The first-order chi connectivity index (χ1) is 12.6. The van der Waals surface area contributed by atoms with Crippen LogP contribution in [0.15, 0.2) is 24.3 Å². The maximum atomic E-state index is 13.0. The Morgan fingerprint density at radius 1 is 1.15 bits per heavy atom. The van der Waals surface area contributed by atoms with Crippen molar-refractivity contribution in [3.8, 4) is 23.7 Å². The monoisotopic (exact) mass is 378 g/mol. The average molecular weight is 378 g/mol. The summed E-state index contributed by atoms with van der Waals surface area (Å²) < 4.78 is 25.9. The first-order valence-electron chi connectivity index (χ1n) is 7.96. The van der Waals surface area contributed by atoms with Gasteiger partial charge in [0.2, 0.25) is 0 Å². The van der Waals surface area contributed by atoms with Crippen LogP contribution in [0.5, 0.6) is 0 Å². The maximum absolute atomic E-state index is 13.0. The number of hydroxylamine groups is 1. The molecule has 0 bridgehead atoms. The maximum Gasteiger partial charge on any atom is 0.269 e. The van der Waals surface area contributed by atoms with Gasteiger partial charge in [0.05, 0.1) is 0 Å². The van der Waals surface area contributed by atoms with Gasteiger partial charge in [-0.25, -0.2) is 14.3 Å². The Balaban J connectivity index is 2.95. The summed E-state index contributed by atoms with van der Waals surface area (Å²) in [5.41, 5.74) is -1.11. The Labute approximate surface area is 155 Å². The highest BCUT2D eigenvalue weighted by Crippen LogP contribution is 2.20. The number of hydrogen-bond acceptors (Lipinski definition) is 4. The summed E-state index contributed by atoms with van der Waals surface area (Å²) in [7, 11) is 0. The van der Waals surface area contributed by atoms with E-state index in [0.717, 1.165) is 5.48 Å². The predicted molar refractivity (Wildman–Crippen MR) is 93.7 cm³/mol. The molecule has 0 saturated heterocycles. The molecule has 6 nitrogen and oxygen atoms in total. The molecule has 1 aromatic rings. The van der Waals surface area contributed by atoms with Crippen molar-refractivity contribution in [2.24, 2.45) is 5.92 Å². The third kappa shape index (κ3) is 6.37. The van der Waals surface area contributed by atoms with Gasteiger partial charge in [-0.1, -0.05) is 25.7 Å². The number of halogens is 2. The molecule has 1 rings (SSSR count). The first-order valence-corrected chi connectivity index (χ1v) is 7.96. The quantitative estimate of drug-likeness (QED) is 0.353. The van der Waals surface area contributed by atoms with Gasteiger partial charge in [0.1, 0.15) is 6.04 Å². The predicted octanol–water partition coefficient (Wildman–Crippen LogP) is 1.32. The third-order valence-electron chi connectivity index (χ3n) is 3.45. The fourth-order valence-corrected chi connectivity index (χ4v) is 1.87. The van der Waals surface area contributed by atoms with E-state index >= 15 is 0 Å². The molecule has 2 amide bonds. The fourth-order valence-electron chi connectivity index (χ4n) is 1.87. The molecule has 0 aliphatic rings. The van der Waals surface area contributed by atoms with E-state index in [1.165, 1.54) is 24.3 Å². The van der Waals surface area contributed by atoms with Gasteiger partial charge in [-0.2, -0.15) is 0 Å². The topological polar surface area (TPSA) is 98.7 Å². The Kier molecular flexibility index (Phi) is 7.92. The zero-order valence-electron chi connectivity index (χ0n) is 15.0. The summed E-state index contributed by atoms with van der Waals surface area (Å²) in [5, 5.41) is 20.4. The summed E-state index contributed by atoms with van der Waals surface area (Å²) in [6, 6.07) is 3.72. The van der Waals surface area contributed by atoms with E-state index in [0.29, 0.717) is 12.5 Å². The number of carbonyl (C=O) groups is 2. The lowest BCUT2D eigenvalue weighted by atomic mass is 9.95.